The third kappa shape index (κ3) is 31.9. The van der Waals surface area contributed by atoms with Crippen molar-refractivity contribution in [2.45, 2.75) is 250 Å². The number of carbonyl (C=O) groups excluding carboxylic acids is 1. The van der Waals surface area contributed by atoms with Gasteiger partial charge >= 0.3 is 0 Å². The lowest BCUT2D eigenvalue weighted by molar-refractivity contribution is -0.131. The summed E-state index contributed by atoms with van der Waals surface area (Å²) in [5.41, 5.74) is 0. The minimum atomic E-state index is -1.07. The van der Waals surface area contributed by atoms with E-state index in [0.717, 1.165) is 32.1 Å². The Balaban J connectivity index is 3.58. The molecule has 0 aliphatic heterocycles. The molecule has 5 heteroatoms. The molecule has 0 rings (SSSR count). The van der Waals surface area contributed by atoms with Crippen molar-refractivity contribution in [2.75, 3.05) is 6.61 Å². The van der Waals surface area contributed by atoms with Gasteiger partial charge in [0.05, 0.1) is 18.8 Å². The highest BCUT2D eigenvalue weighted by Gasteiger charge is 2.23. The van der Waals surface area contributed by atoms with Gasteiger partial charge in [0.15, 0.2) is 0 Å². The lowest BCUT2D eigenvalue weighted by Gasteiger charge is -2.23. The van der Waals surface area contributed by atoms with Crippen molar-refractivity contribution < 1.29 is 20.1 Å². The maximum atomic E-state index is 12.4. The zero-order chi connectivity index (χ0) is 33.8. The number of aliphatic hydroxyl groups is 3. The molecule has 3 atom stereocenters. The molecule has 0 aromatic carbocycles. The van der Waals surface area contributed by atoms with Crippen LogP contribution in [0.2, 0.25) is 0 Å². The number of aliphatic hydroxyl groups excluding tert-OH is 3. The molecule has 5 nitrogen and oxygen atoms in total. The molecule has 276 valence electrons. The third-order valence-corrected chi connectivity index (χ3v) is 9.98. The summed E-state index contributed by atoms with van der Waals surface area (Å²) in [6.07, 6.45) is 41.0. The maximum Gasteiger partial charge on any atom is 0.249 e. The lowest BCUT2D eigenvalue weighted by Crippen LogP contribution is -2.49. The first kappa shape index (κ1) is 45.3. The minimum Gasteiger partial charge on any atom is -0.394 e. The Bertz CT molecular complexity index is 601. The molecule has 0 aromatic rings. The van der Waals surface area contributed by atoms with E-state index in [1.807, 2.05) is 0 Å². The predicted octanol–water partition coefficient (Wildman–Crippen LogP) is 11.5. The third-order valence-electron chi connectivity index (χ3n) is 9.98. The molecule has 0 aromatic heterocycles. The van der Waals surface area contributed by atoms with E-state index in [1.54, 1.807) is 0 Å². The smallest absolute Gasteiger partial charge is 0.249 e. The van der Waals surface area contributed by atoms with Crippen LogP contribution in [0.15, 0.2) is 0 Å². The summed E-state index contributed by atoms with van der Waals surface area (Å²) >= 11 is 0. The number of rotatable bonds is 38. The molecule has 3 unspecified atom stereocenters. The average Bonchev–Trinajstić information content (AvgIpc) is 3.06. The highest BCUT2D eigenvalue weighted by atomic mass is 16.3. The molecule has 0 saturated carbocycles. The SMILES string of the molecule is CCCCCCCCCCCCCCCCCCCCCCC(O)C(CO)NC(=O)C(O)CCCCCCCCCCCCCC. The van der Waals surface area contributed by atoms with Crippen LogP contribution >= 0.6 is 0 Å². The van der Waals surface area contributed by atoms with Crippen molar-refractivity contribution >= 4 is 5.91 Å². The zero-order valence-corrected chi connectivity index (χ0v) is 31.2. The van der Waals surface area contributed by atoms with E-state index < -0.39 is 24.2 Å². The summed E-state index contributed by atoms with van der Waals surface area (Å²) in [5, 5.41) is 33.2. The molecule has 4 N–H and O–H groups in total. The van der Waals surface area contributed by atoms with Crippen LogP contribution in [-0.4, -0.2) is 46.1 Å². The van der Waals surface area contributed by atoms with Gasteiger partial charge < -0.3 is 20.6 Å². The Morgan fingerprint density at radius 1 is 0.435 bits per heavy atom. The number of nitrogens with one attached hydrogen (secondary N) is 1. The van der Waals surface area contributed by atoms with Crippen LogP contribution in [0.4, 0.5) is 0 Å². The number of hydrogen-bond acceptors (Lipinski definition) is 4. The van der Waals surface area contributed by atoms with Crippen LogP contribution in [-0.2, 0) is 4.79 Å². The fourth-order valence-corrected chi connectivity index (χ4v) is 6.66. The van der Waals surface area contributed by atoms with E-state index in [1.165, 1.54) is 173 Å². The summed E-state index contributed by atoms with van der Waals surface area (Å²) in [6.45, 7) is 4.23. The second-order valence-corrected chi connectivity index (χ2v) is 14.6. The molecule has 0 heterocycles. The van der Waals surface area contributed by atoms with E-state index in [-0.39, 0.29) is 6.61 Å². The monoisotopic (exact) mass is 654 g/mol. The van der Waals surface area contributed by atoms with Crippen LogP contribution in [0.3, 0.4) is 0 Å². The van der Waals surface area contributed by atoms with E-state index >= 15 is 0 Å². The largest absolute Gasteiger partial charge is 0.394 e. The first-order valence-electron chi connectivity index (χ1n) is 20.8. The predicted molar refractivity (Wildman–Crippen MR) is 199 cm³/mol. The fraction of sp³-hybridized carbons (Fsp3) is 0.976. The van der Waals surface area contributed by atoms with E-state index in [0.29, 0.717) is 12.8 Å². The van der Waals surface area contributed by atoms with Gasteiger partial charge in [-0.25, -0.2) is 0 Å². The van der Waals surface area contributed by atoms with Gasteiger partial charge in [0.2, 0.25) is 5.91 Å². The zero-order valence-electron chi connectivity index (χ0n) is 31.2. The Labute approximate surface area is 287 Å². The van der Waals surface area contributed by atoms with Gasteiger partial charge in [0, 0.05) is 0 Å². The van der Waals surface area contributed by atoms with E-state index in [4.69, 9.17) is 0 Å². The van der Waals surface area contributed by atoms with Crippen molar-refractivity contribution in [3.05, 3.63) is 0 Å². The Hall–Kier alpha value is -0.650. The van der Waals surface area contributed by atoms with Gasteiger partial charge in [0.1, 0.15) is 6.10 Å². The van der Waals surface area contributed by atoms with Gasteiger partial charge in [-0.15, -0.1) is 0 Å². The highest BCUT2D eigenvalue weighted by molar-refractivity contribution is 5.80. The molecule has 0 bridgehead atoms. The van der Waals surface area contributed by atoms with Crippen molar-refractivity contribution in [2.24, 2.45) is 0 Å². The number of unbranched alkanes of at least 4 members (excludes halogenated alkanes) is 30. The number of amides is 1. The first-order valence-corrected chi connectivity index (χ1v) is 20.8. The summed E-state index contributed by atoms with van der Waals surface area (Å²) in [7, 11) is 0. The lowest BCUT2D eigenvalue weighted by atomic mass is 10.0. The molecular weight excluding hydrogens is 570 g/mol. The van der Waals surface area contributed by atoms with Crippen molar-refractivity contribution in [3.63, 3.8) is 0 Å². The topological polar surface area (TPSA) is 89.8 Å². The molecule has 0 radical (unpaired) electrons. The van der Waals surface area contributed by atoms with Crippen LogP contribution in [0.1, 0.15) is 232 Å². The summed E-state index contributed by atoms with van der Waals surface area (Å²) in [5.74, 6) is -0.468. The quantitative estimate of drug-likeness (QED) is 0.0499. The summed E-state index contributed by atoms with van der Waals surface area (Å²) in [6, 6.07) is -0.704. The Morgan fingerprint density at radius 3 is 0.978 bits per heavy atom. The number of hydrogen-bond donors (Lipinski definition) is 4. The molecule has 0 aliphatic rings. The molecule has 46 heavy (non-hydrogen) atoms. The van der Waals surface area contributed by atoms with Crippen molar-refractivity contribution in [3.8, 4) is 0 Å². The van der Waals surface area contributed by atoms with Gasteiger partial charge in [-0.2, -0.15) is 0 Å². The van der Waals surface area contributed by atoms with Crippen LogP contribution in [0, 0.1) is 0 Å². The van der Waals surface area contributed by atoms with Crippen molar-refractivity contribution in [1.82, 2.24) is 5.32 Å². The molecule has 0 fully saturated rings. The second kappa shape index (κ2) is 37.2. The highest BCUT2D eigenvalue weighted by Crippen LogP contribution is 2.17. The van der Waals surface area contributed by atoms with Crippen molar-refractivity contribution in [1.29, 1.82) is 0 Å². The minimum absolute atomic E-state index is 0.308. The van der Waals surface area contributed by atoms with Crippen LogP contribution < -0.4 is 5.32 Å². The fourth-order valence-electron chi connectivity index (χ4n) is 6.66. The molecule has 0 saturated heterocycles. The van der Waals surface area contributed by atoms with Crippen LogP contribution in [0.5, 0.6) is 0 Å². The Morgan fingerprint density at radius 2 is 0.696 bits per heavy atom. The average molecular weight is 654 g/mol. The normalized spacial score (nSPS) is 13.6. The van der Waals surface area contributed by atoms with Gasteiger partial charge in [0.25, 0.3) is 0 Å². The summed E-state index contributed by atoms with van der Waals surface area (Å²) < 4.78 is 0. The van der Waals surface area contributed by atoms with E-state index in [9.17, 15) is 20.1 Å². The van der Waals surface area contributed by atoms with Gasteiger partial charge in [-0.05, 0) is 12.8 Å². The molecule has 0 aliphatic carbocycles. The maximum absolute atomic E-state index is 12.4. The second-order valence-electron chi connectivity index (χ2n) is 14.6. The van der Waals surface area contributed by atoms with Gasteiger partial charge in [-0.1, -0.05) is 219 Å². The van der Waals surface area contributed by atoms with Gasteiger partial charge in [-0.3, -0.25) is 4.79 Å². The Kier molecular flexibility index (Phi) is 36.6. The summed E-state index contributed by atoms with van der Waals surface area (Å²) in [4.78, 5) is 12.4. The van der Waals surface area contributed by atoms with Crippen LogP contribution in [0.25, 0.3) is 0 Å². The molecular formula is C41H83NO4. The molecule has 1 amide bonds. The first-order chi connectivity index (χ1) is 22.6. The molecule has 0 spiro atoms. The van der Waals surface area contributed by atoms with E-state index in [2.05, 4.69) is 19.2 Å². The standard InChI is InChI=1S/C41H83NO4/c1-3-5-7-9-11-13-15-17-18-19-20-21-22-23-24-26-27-29-31-33-35-39(44)38(37-43)42-41(46)40(45)36-34-32-30-28-25-16-14-12-10-8-6-4-2/h38-40,43-45H,3-37H2,1-2H3,(H,42,46). The number of carbonyl (C=O) groups is 1.